The predicted molar refractivity (Wildman–Crippen MR) is 69.9 cm³/mol. The van der Waals surface area contributed by atoms with Crippen molar-refractivity contribution in [3.05, 3.63) is 11.9 Å². The van der Waals surface area contributed by atoms with E-state index < -0.39 is 5.97 Å². The highest BCUT2D eigenvalue weighted by Crippen LogP contribution is 2.19. The van der Waals surface area contributed by atoms with E-state index in [1.54, 1.807) is 0 Å². The molecule has 2 amide bonds. The molecule has 0 spiro atoms. The van der Waals surface area contributed by atoms with Gasteiger partial charge in [0.15, 0.2) is 0 Å². The van der Waals surface area contributed by atoms with Gasteiger partial charge in [-0.25, -0.2) is 9.48 Å². The Morgan fingerprint density at radius 2 is 2.35 bits per heavy atom. The Morgan fingerprint density at radius 1 is 1.55 bits per heavy atom. The standard InChI is InChI=1S/C12H19N5O3/c1-2-10-4-3-5-17(10)12(20)13-6-9-7-16(15-14-9)8-11(18)19/h7,10H,2-6,8H2,1H3,(H,13,20)(H,18,19). The van der Waals surface area contributed by atoms with Crippen molar-refractivity contribution in [2.45, 2.75) is 45.3 Å². The fourth-order valence-corrected chi connectivity index (χ4v) is 2.43. The number of aliphatic carboxylic acids is 1. The van der Waals surface area contributed by atoms with E-state index >= 15 is 0 Å². The summed E-state index contributed by atoms with van der Waals surface area (Å²) in [7, 11) is 0. The number of rotatable bonds is 5. The summed E-state index contributed by atoms with van der Waals surface area (Å²) < 4.78 is 1.23. The second-order valence-corrected chi connectivity index (χ2v) is 4.86. The highest BCUT2D eigenvalue weighted by molar-refractivity contribution is 5.74. The molecule has 2 rings (SSSR count). The van der Waals surface area contributed by atoms with Gasteiger partial charge in [-0.1, -0.05) is 12.1 Å². The van der Waals surface area contributed by atoms with E-state index in [0.29, 0.717) is 11.7 Å². The van der Waals surface area contributed by atoms with Crippen molar-refractivity contribution < 1.29 is 14.7 Å². The molecule has 0 bridgehead atoms. The van der Waals surface area contributed by atoms with E-state index in [9.17, 15) is 9.59 Å². The minimum atomic E-state index is -0.978. The van der Waals surface area contributed by atoms with Gasteiger partial charge in [-0.05, 0) is 19.3 Å². The molecule has 1 atom stereocenters. The van der Waals surface area contributed by atoms with Crippen molar-refractivity contribution in [1.29, 1.82) is 0 Å². The van der Waals surface area contributed by atoms with Crippen LogP contribution in [-0.4, -0.2) is 49.6 Å². The van der Waals surface area contributed by atoms with Crippen molar-refractivity contribution in [3.8, 4) is 0 Å². The summed E-state index contributed by atoms with van der Waals surface area (Å²) in [4.78, 5) is 24.4. The third kappa shape index (κ3) is 3.46. The number of nitrogens with zero attached hydrogens (tertiary/aromatic N) is 4. The number of hydrogen-bond donors (Lipinski definition) is 2. The first kappa shape index (κ1) is 14.3. The van der Waals surface area contributed by atoms with E-state index in [1.165, 1.54) is 10.9 Å². The lowest BCUT2D eigenvalue weighted by molar-refractivity contribution is -0.137. The highest BCUT2D eigenvalue weighted by atomic mass is 16.4. The lowest BCUT2D eigenvalue weighted by Crippen LogP contribution is -2.42. The molecule has 1 aliphatic heterocycles. The van der Waals surface area contributed by atoms with Gasteiger partial charge >= 0.3 is 12.0 Å². The normalized spacial score (nSPS) is 18.2. The Kier molecular flexibility index (Phi) is 4.54. The van der Waals surface area contributed by atoms with Gasteiger partial charge < -0.3 is 15.3 Å². The molecule has 1 aliphatic rings. The summed E-state index contributed by atoms with van der Waals surface area (Å²) in [5.74, 6) is -0.978. The Hall–Kier alpha value is -2.12. The average Bonchev–Trinajstić information content (AvgIpc) is 3.03. The molecule has 0 aromatic carbocycles. The first-order valence-corrected chi connectivity index (χ1v) is 6.75. The third-order valence-corrected chi connectivity index (χ3v) is 3.41. The fraction of sp³-hybridized carbons (Fsp3) is 0.667. The number of carbonyl (C=O) groups is 2. The number of aromatic nitrogens is 3. The van der Waals surface area contributed by atoms with Crippen molar-refractivity contribution in [1.82, 2.24) is 25.2 Å². The second-order valence-electron chi connectivity index (χ2n) is 4.86. The maximum atomic E-state index is 12.0. The number of carboxylic acids is 1. The summed E-state index contributed by atoms with van der Waals surface area (Å²) in [6.45, 7) is 2.89. The first-order valence-electron chi connectivity index (χ1n) is 6.75. The molecule has 2 N–H and O–H groups in total. The van der Waals surface area contributed by atoms with Crippen molar-refractivity contribution in [2.75, 3.05) is 6.54 Å². The lowest BCUT2D eigenvalue weighted by Gasteiger charge is -2.23. The highest BCUT2D eigenvalue weighted by Gasteiger charge is 2.26. The smallest absolute Gasteiger partial charge is 0.325 e. The van der Waals surface area contributed by atoms with E-state index in [1.807, 2.05) is 4.90 Å². The molecular formula is C12H19N5O3. The molecule has 110 valence electrons. The third-order valence-electron chi connectivity index (χ3n) is 3.41. The summed E-state index contributed by atoms with van der Waals surface area (Å²) in [5, 5.41) is 18.9. The van der Waals surface area contributed by atoms with Crippen LogP contribution in [0.3, 0.4) is 0 Å². The molecule has 1 aromatic heterocycles. The summed E-state index contributed by atoms with van der Waals surface area (Å²) in [6.07, 6.45) is 4.58. The zero-order valence-corrected chi connectivity index (χ0v) is 11.4. The van der Waals surface area contributed by atoms with E-state index in [4.69, 9.17) is 5.11 Å². The molecule has 1 aromatic rings. The molecule has 0 aliphatic carbocycles. The average molecular weight is 281 g/mol. The summed E-state index contributed by atoms with van der Waals surface area (Å²) in [5.41, 5.74) is 0.548. The maximum Gasteiger partial charge on any atom is 0.325 e. The first-order chi connectivity index (χ1) is 9.60. The zero-order chi connectivity index (χ0) is 14.5. The van der Waals surface area contributed by atoms with Gasteiger partial charge in [0.05, 0.1) is 12.7 Å². The maximum absolute atomic E-state index is 12.0. The van der Waals surface area contributed by atoms with Crippen molar-refractivity contribution >= 4 is 12.0 Å². The monoisotopic (exact) mass is 281 g/mol. The molecule has 0 saturated carbocycles. The molecule has 1 unspecified atom stereocenters. The van der Waals surface area contributed by atoms with E-state index in [2.05, 4.69) is 22.6 Å². The number of carbonyl (C=O) groups excluding carboxylic acids is 1. The van der Waals surface area contributed by atoms with Crippen LogP contribution in [0, 0.1) is 0 Å². The summed E-state index contributed by atoms with van der Waals surface area (Å²) >= 11 is 0. The molecule has 2 heterocycles. The van der Waals surface area contributed by atoms with E-state index in [0.717, 1.165) is 25.8 Å². The van der Waals surface area contributed by atoms with Gasteiger partial charge in [0, 0.05) is 12.6 Å². The number of nitrogens with one attached hydrogen (secondary N) is 1. The molecule has 8 nitrogen and oxygen atoms in total. The van der Waals surface area contributed by atoms with Crippen LogP contribution >= 0.6 is 0 Å². The van der Waals surface area contributed by atoms with Gasteiger partial charge in [-0.2, -0.15) is 0 Å². The minimum Gasteiger partial charge on any atom is -0.480 e. The van der Waals surface area contributed by atoms with Crippen LogP contribution in [0.4, 0.5) is 4.79 Å². The quantitative estimate of drug-likeness (QED) is 0.816. The van der Waals surface area contributed by atoms with Gasteiger partial charge in [0.25, 0.3) is 0 Å². The predicted octanol–water partition coefficient (Wildman–Crippen LogP) is 0.447. The number of amides is 2. The molecule has 8 heteroatoms. The van der Waals surface area contributed by atoms with Crippen LogP contribution in [0.15, 0.2) is 6.20 Å². The fourth-order valence-electron chi connectivity index (χ4n) is 2.43. The second kappa shape index (κ2) is 6.36. The van der Waals surface area contributed by atoms with Crippen LogP contribution in [-0.2, 0) is 17.9 Å². The molecule has 0 radical (unpaired) electrons. The minimum absolute atomic E-state index is 0.0952. The van der Waals surface area contributed by atoms with E-state index in [-0.39, 0.29) is 19.1 Å². The van der Waals surface area contributed by atoms with Crippen LogP contribution in [0.5, 0.6) is 0 Å². The van der Waals surface area contributed by atoms with Crippen LogP contribution in [0.2, 0.25) is 0 Å². The molecule has 1 saturated heterocycles. The number of hydrogen-bond acceptors (Lipinski definition) is 4. The Balaban J connectivity index is 1.84. The molecule has 20 heavy (non-hydrogen) atoms. The van der Waals surface area contributed by atoms with Gasteiger partial charge in [-0.3, -0.25) is 4.79 Å². The van der Waals surface area contributed by atoms with Gasteiger partial charge in [-0.15, -0.1) is 5.10 Å². The van der Waals surface area contributed by atoms with Crippen molar-refractivity contribution in [2.24, 2.45) is 0 Å². The lowest BCUT2D eigenvalue weighted by atomic mass is 10.2. The van der Waals surface area contributed by atoms with Crippen LogP contribution < -0.4 is 5.32 Å². The van der Waals surface area contributed by atoms with Crippen LogP contribution in [0.25, 0.3) is 0 Å². The molecule has 1 fully saturated rings. The summed E-state index contributed by atoms with van der Waals surface area (Å²) in [6, 6.07) is 0.222. The Bertz CT molecular complexity index is 487. The van der Waals surface area contributed by atoms with Crippen LogP contribution in [0.1, 0.15) is 31.9 Å². The zero-order valence-electron chi connectivity index (χ0n) is 11.4. The Labute approximate surface area is 116 Å². The molecular weight excluding hydrogens is 262 g/mol. The Morgan fingerprint density at radius 3 is 3.05 bits per heavy atom. The number of carboxylic acid groups (broad SMARTS) is 1. The number of likely N-dealkylation sites (tertiary alicyclic amines) is 1. The topological polar surface area (TPSA) is 100 Å². The van der Waals surface area contributed by atoms with Gasteiger partial charge in [0.1, 0.15) is 12.2 Å². The largest absolute Gasteiger partial charge is 0.480 e. The SMILES string of the molecule is CCC1CCCN1C(=O)NCc1cn(CC(=O)O)nn1. The number of urea groups is 1. The van der Waals surface area contributed by atoms with Crippen molar-refractivity contribution in [3.63, 3.8) is 0 Å². The van der Waals surface area contributed by atoms with Gasteiger partial charge in [0.2, 0.25) is 0 Å².